The van der Waals surface area contributed by atoms with Crippen molar-refractivity contribution in [1.82, 2.24) is 15.2 Å². The molecule has 1 heterocycles. The molecular weight excluding hydrogens is 325 g/mol. The first kappa shape index (κ1) is 14.9. The van der Waals surface area contributed by atoms with Crippen LogP contribution in [0.3, 0.4) is 0 Å². The summed E-state index contributed by atoms with van der Waals surface area (Å²) in [4.78, 5) is 3.57. The molecule has 0 amide bonds. The van der Waals surface area contributed by atoms with Gasteiger partial charge in [0.25, 0.3) is 16.0 Å². The third kappa shape index (κ3) is 3.15. The molecule has 0 aliphatic rings. The first-order valence-electron chi connectivity index (χ1n) is 5.28. The van der Waals surface area contributed by atoms with Crippen LogP contribution in [0.4, 0.5) is 5.95 Å². The van der Waals surface area contributed by atoms with Crippen LogP contribution >= 0.6 is 23.2 Å². The summed E-state index contributed by atoms with van der Waals surface area (Å²) in [5.41, 5.74) is 5.95. The number of hydrogen-bond acceptors (Lipinski definition) is 6. The molecule has 1 aromatic heterocycles. The van der Waals surface area contributed by atoms with E-state index in [0.29, 0.717) is 10.6 Å². The number of nitrogens with zero attached hydrogens (tertiary/aromatic N) is 3. The molecule has 0 aliphatic heterocycles. The molecule has 0 saturated carbocycles. The summed E-state index contributed by atoms with van der Waals surface area (Å²) in [5, 5.41) is 7.33. The lowest BCUT2D eigenvalue weighted by molar-refractivity contribution is 0.600. The minimum absolute atomic E-state index is 0.0245. The van der Waals surface area contributed by atoms with Gasteiger partial charge in [-0.1, -0.05) is 23.2 Å². The molecule has 0 spiro atoms. The van der Waals surface area contributed by atoms with E-state index in [1.807, 2.05) is 0 Å². The van der Waals surface area contributed by atoms with Gasteiger partial charge in [0.05, 0.1) is 17.4 Å². The quantitative estimate of drug-likeness (QED) is 0.875. The highest BCUT2D eigenvalue weighted by Crippen LogP contribution is 2.29. The monoisotopic (exact) mass is 333 g/mol. The van der Waals surface area contributed by atoms with Gasteiger partial charge in [0, 0.05) is 11.6 Å². The maximum Gasteiger partial charge on any atom is 0.265 e. The predicted molar refractivity (Wildman–Crippen MR) is 75.0 cm³/mol. The summed E-state index contributed by atoms with van der Waals surface area (Å²) in [6, 6.07) is 2.63. The molecule has 0 unspecified atom stereocenters. The Morgan fingerprint density at radius 1 is 1.20 bits per heavy atom. The van der Waals surface area contributed by atoms with Crippen molar-refractivity contribution in [1.29, 1.82) is 0 Å². The number of rotatable bonds is 4. The van der Waals surface area contributed by atoms with Crippen molar-refractivity contribution in [3.05, 3.63) is 40.1 Å². The number of sulfonamides is 1. The Morgan fingerprint density at radius 2 is 1.95 bits per heavy atom. The summed E-state index contributed by atoms with van der Waals surface area (Å²) in [6.45, 7) is 0.0852. The van der Waals surface area contributed by atoms with Crippen LogP contribution in [0.5, 0.6) is 0 Å². The molecular formula is C10H9Cl2N5O2S. The topological polar surface area (TPSA) is 111 Å². The summed E-state index contributed by atoms with van der Waals surface area (Å²) in [6.07, 6.45) is 2.62. The van der Waals surface area contributed by atoms with Crippen molar-refractivity contribution in [2.75, 3.05) is 4.72 Å². The molecule has 0 saturated heterocycles. The molecule has 7 nitrogen and oxygen atoms in total. The van der Waals surface area contributed by atoms with E-state index in [9.17, 15) is 8.42 Å². The van der Waals surface area contributed by atoms with E-state index < -0.39 is 10.0 Å². The number of hydrogen-bond donors (Lipinski definition) is 2. The van der Waals surface area contributed by atoms with Gasteiger partial charge in [0.15, 0.2) is 0 Å². The fourth-order valence-corrected chi connectivity index (χ4v) is 3.23. The van der Waals surface area contributed by atoms with Crippen LogP contribution < -0.4 is 10.5 Å². The fourth-order valence-electron chi connectivity index (χ4n) is 1.40. The summed E-state index contributed by atoms with van der Waals surface area (Å²) in [5.74, 6) is -0.159. The molecule has 0 radical (unpaired) electrons. The molecule has 106 valence electrons. The average Bonchev–Trinajstić information content (AvgIpc) is 2.39. The summed E-state index contributed by atoms with van der Waals surface area (Å²) < 4.78 is 26.6. The summed E-state index contributed by atoms with van der Waals surface area (Å²) >= 11 is 11.8. The lowest BCUT2D eigenvalue weighted by Crippen LogP contribution is -2.16. The predicted octanol–water partition coefficient (Wildman–Crippen LogP) is 1.44. The van der Waals surface area contributed by atoms with Gasteiger partial charge in [0.2, 0.25) is 0 Å². The third-order valence-electron chi connectivity index (χ3n) is 2.32. The highest BCUT2D eigenvalue weighted by atomic mass is 35.5. The van der Waals surface area contributed by atoms with Crippen molar-refractivity contribution in [2.24, 2.45) is 5.73 Å². The Morgan fingerprint density at radius 3 is 2.55 bits per heavy atom. The Bertz CT molecular complexity index is 724. The fraction of sp³-hybridized carbons (Fsp3) is 0.100. The van der Waals surface area contributed by atoms with Crippen molar-refractivity contribution in [3.8, 4) is 0 Å². The zero-order valence-corrected chi connectivity index (χ0v) is 12.2. The number of anilines is 1. The van der Waals surface area contributed by atoms with Gasteiger partial charge in [0.1, 0.15) is 4.90 Å². The van der Waals surface area contributed by atoms with Gasteiger partial charge < -0.3 is 5.73 Å². The minimum Gasteiger partial charge on any atom is -0.326 e. The van der Waals surface area contributed by atoms with E-state index in [1.54, 1.807) is 0 Å². The van der Waals surface area contributed by atoms with Gasteiger partial charge in [-0.3, -0.25) is 0 Å². The first-order chi connectivity index (χ1) is 9.44. The Kier molecular flexibility index (Phi) is 4.39. The van der Waals surface area contributed by atoms with Crippen LogP contribution in [0, 0.1) is 0 Å². The van der Waals surface area contributed by atoms with Gasteiger partial charge >= 0.3 is 0 Å². The standard InChI is InChI=1S/C10H9Cl2N5O2S/c11-7-4-8(12)9(3-6(7)5-13)20(18,19)17-10-14-1-2-15-16-10/h1-4H,5,13H2,(H,14,16,17). The molecule has 10 heteroatoms. The van der Waals surface area contributed by atoms with E-state index in [1.165, 1.54) is 24.5 Å². The normalized spacial score (nSPS) is 11.3. The smallest absolute Gasteiger partial charge is 0.265 e. The highest BCUT2D eigenvalue weighted by Gasteiger charge is 2.21. The maximum absolute atomic E-state index is 12.2. The van der Waals surface area contributed by atoms with Gasteiger partial charge in [-0.2, -0.15) is 5.10 Å². The lowest BCUT2D eigenvalue weighted by Gasteiger charge is -2.10. The second-order valence-corrected chi connectivity index (χ2v) is 6.12. The van der Waals surface area contributed by atoms with Crippen LogP contribution in [0.15, 0.2) is 29.4 Å². The van der Waals surface area contributed by atoms with Crippen LogP contribution in [-0.2, 0) is 16.6 Å². The van der Waals surface area contributed by atoms with Crippen LogP contribution in [0.1, 0.15) is 5.56 Å². The zero-order valence-electron chi connectivity index (χ0n) is 9.92. The van der Waals surface area contributed by atoms with Gasteiger partial charge in [-0.15, -0.1) is 5.10 Å². The molecule has 2 aromatic rings. The molecule has 2 rings (SSSR count). The van der Waals surface area contributed by atoms with Crippen LogP contribution in [-0.4, -0.2) is 23.6 Å². The van der Waals surface area contributed by atoms with Crippen molar-refractivity contribution >= 4 is 39.2 Å². The molecule has 0 bridgehead atoms. The lowest BCUT2D eigenvalue weighted by atomic mass is 10.2. The first-order valence-corrected chi connectivity index (χ1v) is 7.52. The van der Waals surface area contributed by atoms with Crippen molar-refractivity contribution in [2.45, 2.75) is 11.4 Å². The Labute approximate surface area is 125 Å². The summed E-state index contributed by atoms with van der Waals surface area (Å²) in [7, 11) is -3.95. The third-order valence-corrected chi connectivity index (χ3v) is 4.46. The molecule has 0 fully saturated rings. The van der Waals surface area contributed by atoms with E-state index in [-0.39, 0.29) is 22.4 Å². The largest absolute Gasteiger partial charge is 0.326 e. The van der Waals surface area contributed by atoms with E-state index in [0.717, 1.165) is 0 Å². The Hall–Kier alpha value is -1.48. The SMILES string of the molecule is NCc1cc(S(=O)(=O)Nc2nccnn2)c(Cl)cc1Cl. The molecule has 1 aromatic carbocycles. The van der Waals surface area contributed by atoms with Gasteiger partial charge in [-0.05, 0) is 17.7 Å². The highest BCUT2D eigenvalue weighted by molar-refractivity contribution is 7.92. The number of benzene rings is 1. The number of nitrogens with one attached hydrogen (secondary N) is 1. The molecule has 3 N–H and O–H groups in total. The molecule has 0 atom stereocenters. The second kappa shape index (κ2) is 5.88. The van der Waals surface area contributed by atoms with E-state index in [2.05, 4.69) is 19.9 Å². The number of nitrogens with two attached hydrogens (primary N) is 1. The molecule has 0 aliphatic carbocycles. The number of halogens is 2. The van der Waals surface area contributed by atoms with Crippen LogP contribution in [0.2, 0.25) is 10.0 Å². The van der Waals surface area contributed by atoms with E-state index in [4.69, 9.17) is 28.9 Å². The van der Waals surface area contributed by atoms with Crippen molar-refractivity contribution < 1.29 is 8.42 Å². The number of aromatic nitrogens is 3. The minimum atomic E-state index is -3.95. The second-order valence-electron chi connectivity index (χ2n) is 3.65. The van der Waals surface area contributed by atoms with Gasteiger partial charge in [-0.25, -0.2) is 18.1 Å². The average molecular weight is 334 g/mol. The molecule has 20 heavy (non-hydrogen) atoms. The Balaban J connectivity index is 2.44. The van der Waals surface area contributed by atoms with Crippen LogP contribution in [0.25, 0.3) is 0 Å². The maximum atomic E-state index is 12.2. The van der Waals surface area contributed by atoms with Crippen molar-refractivity contribution in [3.63, 3.8) is 0 Å². The van der Waals surface area contributed by atoms with E-state index >= 15 is 0 Å². The zero-order chi connectivity index (χ0) is 14.8.